The summed E-state index contributed by atoms with van der Waals surface area (Å²) >= 11 is 0. The van der Waals surface area contributed by atoms with E-state index in [-0.39, 0.29) is 0 Å². The minimum absolute atomic E-state index is 0.790. The summed E-state index contributed by atoms with van der Waals surface area (Å²) in [5.74, 6) is 1.76. The maximum absolute atomic E-state index is 5.19. The van der Waals surface area contributed by atoms with Gasteiger partial charge in [-0.25, -0.2) is 0 Å². The second-order valence-electron chi connectivity index (χ2n) is 5.73. The summed E-state index contributed by atoms with van der Waals surface area (Å²) in [4.78, 5) is 10.6. The van der Waals surface area contributed by atoms with Crippen LogP contribution in [0.25, 0.3) is 0 Å². The third kappa shape index (κ3) is 4.98. The molecule has 5 heteroatoms. The van der Waals surface area contributed by atoms with Gasteiger partial charge in [0, 0.05) is 39.6 Å². The van der Waals surface area contributed by atoms with Gasteiger partial charge in [-0.3, -0.25) is 9.98 Å². The highest BCUT2D eigenvalue weighted by atomic mass is 16.5. The van der Waals surface area contributed by atoms with E-state index < -0.39 is 0 Å². The molecule has 5 nitrogen and oxygen atoms in total. The SMILES string of the molecule is CN=C(NCCc1ccncc1C)N(C)Cc1ccc(OC)cc1. The molecule has 0 radical (unpaired) electrons. The number of hydrogen-bond donors (Lipinski definition) is 1. The van der Waals surface area contributed by atoms with Crippen molar-refractivity contribution in [2.75, 3.05) is 27.7 Å². The van der Waals surface area contributed by atoms with E-state index in [0.29, 0.717) is 0 Å². The Kier molecular flexibility index (Phi) is 6.61. The standard InChI is InChI=1S/C19H26N4O/c1-15-13-21-11-9-17(15)10-12-22-19(20-2)23(3)14-16-5-7-18(24-4)8-6-16/h5-9,11,13H,10,12,14H2,1-4H3,(H,20,22). The van der Waals surface area contributed by atoms with E-state index in [1.54, 1.807) is 7.11 Å². The average Bonchev–Trinajstić information content (AvgIpc) is 2.60. The zero-order valence-corrected chi connectivity index (χ0v) is 14.9. The van der Waals surface area contributed by atoms with E-state index in [4.69, 9.17) is 4.74 Å². The summed E-state index contributed by atoms with van der Waals surface area (Å²) in [6.45, 7) is 3.72. The van der Waals surface area contributed by atoms with Crippen molar-refractivity contribution in [1.29, 1.82) is 0 Å². The Balaban J connectivity index is 1.87. The molecule has 128 valence electrons. The summed E-state index contributed by atoms with van der Waals surface area (Å²) in [6, 6.07) is 10.2. The van der Waals surface area contributed by atoms with Crippen molar-refractivity contribution in [3.05, 3.63) is 59.4 Å². The third-order valence-electron chi connectivity index (χ3n) is 3.97. The van der Waals surface area contributed by atoms with Crippen LogP contribution in [0.1, 0.15) is 16.7 Å². The molecule has 0 unspecified atom stereocenters. The first-order valence-electron chi connectivity index (χ1n) is 8.08. The first-order valence-corrected chi connectivity index (χ1v) is 8.08. The lowest BCUT2D eigenvalue weighted by atomic mass is 10.1. The van der Waals surface area contributed by atoms with Gasteiger partial charge in [0.1, 0.15) is 5.75 Å². The summed E-state index contributed by atoms with van der Waals surface area (Å²) in [5.41, 5.74) is 3.75. The number of rotatable bonds is 6. The Morgan fingerprint density at radius 3 is 2.62 bits per heavy atom. The number of guanidine groups is 1. The van der Waals surface area contributed by atoms with E-state index in [0.717, 1.165) is 31.2 Å². The van der Waals surface area contributed by atoms with Crippen molar-refractivity contribution in [2.45, 2.75) is 19.9 Å². The minimum atomic E-state index is 0.790. The van der Waals surface area contributed by atoms with E-state index in [9.17, 15) is 0 Å². The van der Waals surface area contributed by atoms with Crippen LogP contribution in [0.3, 0.4) is 0 Å². The zero-order chi connectivity index (χ0) is 17.4. The molecule has 1 N–H and O–H groups in total. The van der Waals surface area contributed by atoms with E-state index >= 15 is 0 Å². The lowest BCUT2D eigenvalue weighted by Gasteiger charge is -2.22. The molecule has 1 aromatic carbocycles. The fourth-order valence-electron chi connectivity index (χ4n) is 2.56. The largest absolute Gasteiger partial charge is 0.497 e. The van der Waals surface area contributed by atoms with Crippen molar-refractivity contribution in [1.82, 2.24) is 15.2 Å². The van der Waals surface area contributed by atoms with Gasteiger partial charge in [-0.1, -0.05) is 12.1 Å². The summed E-state index contributed by atoms with van der Waals surface area (Å²) in [6.07, 6.45) is 4.69. The van der Waals surface area contributed by atoms with Crippen LogP contribution in [0.4, 0.5) is 0 Å². The Hall–Kier alpha value is -2.56. The summed E-state index contributed by atoms with van der Waals surface area (Å²) < 4.78 is 5.19. The van der Waals surface area contributed by atoms with Crippen LogP contribution in [0.5, 0.6) is 5.75 Å². The number of aromatic nitrogens is 1. The van der Waals surface area contributed by atoms with Gasteiger partial charge in [-0.05, 0) is 48.2 Å². The zero-order valence-electron chi connectivity index (χ0n) is 14.9. The van der Waals surface area contributed by atoms with Crippen molar-refractivity contribution >= 4 is 5.96 Å². The number of nitrogens with one attached hydrogen (secondary N) is 1. The number of pyridine rings is 1. The molecular formula is C19H26N4O. The Morgan fingerprint density at radius 1 is 1.25 bits per heavy atom. The summed E-state index contributed by atoms with van der Waals surface area (Å²) in [7, 11) is 5.53. The molecule has 0 fully saturated rings. The number of benzene rings is 1. The normalized spacial score (nSPS) is 11.2. The monoisotopic (exact) mass is 326 g/mol. The van der Waals surface area contributed by atoms with Crippen LogP contribution in [0, 0.1) is 6.92 Å². The molecule has 1 aromatic heterocycles. The number of aliphatic imine (C=N–C) groups is 1. The van der Waals surface area contributed by atoms with Gasteiger partial charge >= 0.3 is 0 Å². The summed E-state index contributed by atoms with van der Waals surface area (Å²) in [5, 5.41) is 3.42. The molecule has 0 atom stereocenters. The third-order valence-corrected chi connectivity index (χ3v) is 3.97. The van der Waals surface area contributed by atoms with Crippen molar-refractivity contribution in [2.24, 2.45) is 4.99 Å². The van der Waals surface area contributed by atoms with E-state index in [2.05, 4.69) is 45.3 Å². The number of methoxy groups -OCH3 is 1. The quantitative estimate of drug-likeness (QED) is 0.655. The molecule has 2 aromatic rings. The fraction of sp³-hybridized carbons (Fsp3) is 0.368. The Bertz CT molecular complexity index is 667. The Morgan fingerprint density at radius 2 is 2.00 bits per heavy atom. The van der Waals surface area contributed by atoms with Crippen LogP contribution in [-0.4, -0.2) is 43.6 Å². The van der Waals surface area contributed by atoms with Gasteiger partial charge in [-0.2, -0.15) is 0 Å². The second-order valence-corrected chi connectivity index (χ2v) is 5.73. The van der Waals surface area contributed by atoms with Crippen molar-refractivity contribution < 1.29 is 4.74 Å². The van der Waals surface area contributed by atoms with Gasteiger partial charge < -0.3 is 15.0 Å². The molecule has 0 amide bonds. The topological polar surface area (TPSA) is 49.8 Å². The molecule has 0 aliphatic heterocycles. The first kappa shape index (κ1) is 17.8. The van der Waals surface area contributed by atoms with Crippen LogP contribution in [-0.2, 0) is 13.0 Å². The molecule has 1 heterocycles. The molecular weight excluding hydrogens is 300 g/mol. The van der Waals surface area contributed by atoms with Gasteiger partial charge in [0.2, 0.25) is 0 Å². The Labute approximate surface area is 144 Å². The second kappa shape index (κ2) is 8.91. The highest BCUT2D eigenvalue weighted by Crippen LogP contribution is 2.12. The predicted molar refractivity (Wildman–Crippen MR) is 98.5 cm³/mol. The number of nitrogens with zero attached hydrogens (tertiary/aromatic N) is 3. The molecule has 24 heavy (non-hydrogen) atoms. The van der Waals surface area contributed by atoms with Gasteiger partial charge in [0.05, 0.1) is 7.11 Å². The van der Waals surface area contributed by atoms with E-state index in [1.807, 2.05) is 38.6 Å². The molecule has 0 saturated carbocycles. The maximum Gasteiger partial charge on any atom is 0.193 e. The smallest absolute Gasteiger partial charge is 0.193 e. The van der Waals surface area contributed by atoms with Gasteiger partial charge in [-0.15, -0.1) is 0 Å². The number of hydrogen-bond acceptors (Lipinski definition) is 3. The fourth-order valence-corrected chi connectivity index (χ4v) is 2.56. The molecule has 0 spiro atoms. The van der Waals surface area contributed by atoms with Gasteiger partial charge in [0.15, 0.2) is 5.96 Å². The van der Waals surface area contributed by atoms with Crippen LogP contribution >= 0.6 is 0 Å². The average molecular weight is 326 g/mol. The maximum atomic E-state index is 5.19. The molecule has 0 aliphatic carbocycles. The van der Waals surface area contributed by atoms with E-state index in [1.165, 1.54) is 16.7 Å². The van der Waals surface area contributed by atoms with Crippen molar-refractivity contribution in [3.8, 4) is 5.75 Å². The van der Waals surface area contributed by atoms with Gasteiger partial charge in [0.25, 0.3) is 0 Å². The molecule has 0 saturated heterocycles. The molecule has 2 rings (SSSR count). The predicted octanol–water partition coefficient (Wildman–Crippen LogP) is 2.65. The minimum Gasteiger partial charge on any atom is -0.497 e. The highest BCUT2D eigenvalue weighted by molar-refractivity contribution is 5.79. The van der Waals surface area contributed by atoms with Crippen LogP contribution < -0.4 is 10.1 Å². The highest BCUT2D eigenvalue weighted by Gasteiger charge is 2.07. The molecule has 0 aliphatic rings. The lowest BCUT2D eigenvalue weighted by molar-refractivity contribution is 0.414. The molecule has 0 bridgehead atoms. The lowest BCUT2D eigenvalue weighted by Crippen LogP contribution is -2.39. The number of aryl methyl sites for hydroxylation is 1. The van der Waals surface area contributed by atoms with Crippen molar-refractivity contribution in [3.63, 3.8) is 0 Å². The first-order chi connectivity index (χ1) is 11.6. The van der Waals surface area contributed by atoms with Crippen LogP contribution in [0.2, 0.25) is 0 Å². The van der Waals surface area contributed by atoms with Crippen LogP contribution in [0.15, 0.2) is 47.7 Å². The number of ether oxygens (including phenoxy) is 1.